The van der Waals surface area contributed by atoms with Crippen LogP contribution in [0.1, 0.15) is 50.8 Å². The molecule has 1 unspecified atom stereocenters. The van der Waals surface area contributed by atoms with Crippen LogP contribution in [-0.2, 0) is 14.6 Å². The van der Waals surface area contributed by atoms with E-state index >= 15 is 0 Å². The number of allylic oxidation sites excluding steroid dienone is 3. The minimum absolute atomic E-state index is 0.174. The quantitative estimate of drug-likeness (QED) is 0.425. The maximum absolute atomic E-state index is 12.8. The van der Waals surface area contributed by atoms with Crippen molar-refractivity contribution in [2.24, 2.45) is 0 Å². The Balaban J connectivity index is 2.35. The fourth-order valence-electron chi connectivity index (χ4n) is 3.32. The predicted octanol–water partition coefficient (Wildman–Crippen LogP) is 5.05. The largest absolute Gasteiger partial charge is 0.378 e. The Bertz CT molecular complexity index is 1090. The molecule has 2 rings (SSSR count). The second kappa shape index (κ2) is 11.1. The van der Waals surface area contributed by atoms with E-state index in [4.69, 9.17) is 0 Å². The SMILES string of the molecule is CC(C)=CCC/C(C)=C/C(=O)NC(c1ccc(S(C)(=O)=O)cc1)c1cccc(N(C)C)c1. The first kappa shape index (κ1) is 25.4. The Morgan fingerprint density at radius 2 is 1.69 bits per heavy atom. The second-order valence-corrected chi connectivity index (χ2v) is 10.6. The lowest BCUT2D eigenvalue weighted by atomic mass is 9.97. The molecule has 0 spiro atoms. The van der Waals surface area contributed by atoms with Crippen LogP contribution in [0, 0.1) is 0 Å². The molecule has 172 valence electrons. The van der Waals surface area contributed by atoms with Crippen molar-refractivity contribution in [3.05, 3.63) is 83.0 Å². The fourth-order valence-corrected chi connectivity index (χ4v) is 3.95. The van der Waals surface area contributed by atoms with Crippen LogP contribution in [0.2, 0.25) is 0 Å². The van der Waals surface area contributed by atoms with E-state index in [1.807, 2.05) is 50.2 Å². The Morgan fingerprint density at radius 3 is 2.25 bits per heavy atom. The molecular formula is C26H34N2O3S. The minimum atomic E-state index is -3.29. The number of sulfone groups is 1. The molecule has 0 aromatic heterocycles. The molecule has 0 bridgehead atoms. The number of anilines is 1. The molecule has 0 heterocycles. The van der Waals surface area contributed by atoms with Crippen LogP contribution in [0.15, 0.2) is 76.7 Å². The standard InChI is InChI=1S/C26H34N2O3S/c1-19(2)9-7-10-20(3)17-25(29)27-26(22-11-8-12-23(18-22)28(4)5)21-13-15-24(16-14-21)32(6,30)31/h8-9,11-18,26H,7,10H2,1-6H3,(H,27,29)/b20-17+. The Morgan fingerprint density at radius 1 is 1.03 bits per heavy atom. The normalized spacial score (nSPS) is 12.8. The third-order valence-electron chi connectivity index (χ3n) is 5.12. The number of hydrogen-bond donors (Lipinski definition) is 1. The third kappa shape index (κ3) is 7.68. The maximum Gasteiger partial charge on any atom is 0.244 e. The highest BCUT2D eigenvalue weighted by Gasteiger charge is 2.18. The zero-order chi connectivity index (χ0) is 23.9. The summed E-state index contributed by atoms with van der Waals surface area (Å²) in [6.07, 6.45) is 6.72. The first-order valence-electron chi connectivity index (χ1n) is 10.7. The Hall–Kier alpha value is -2.86. The van der Waals surface area contributed by atoms with Crippen LogP contribution < -0.4 is 10.2 Å². The van der Waals surface area contributed by atoms with Gasteiger partial charge in [-0.15, -0.1) is 0 Å². The van der Waals surface area contributed by atoms with Crippen LogP contribution >= 0.6 is 0 Å². The molecule has 0 saturated heterocycles. The lowest BCUT2D eigenvalue weighted by molar-refractivity contribution is -0.117. The molecule has 0 radical (unpaired) electrons. The van der Waals surface area contributed by atoms with E-state index in [-0.39, 0.29) is 10.8 Å². The topological polar surface area (TPSA) is 66.5 Å². The van der Waals surface area contributed by atoms with E-state index in [1.165, 1.54) is 11.8 Å². The van der Waals surface area contributed by atoms with Gasteiger partial charge in [-0.3, -0.25) is 4.79 Å². The summed E-state index contributed by atoms with van der Waals surface area (Å²) in [6.45, 7) is 6.08. The van der Waals surface area contributed by atoms with Gasteiger partial charge in [-0.05, 0) is 69.0 Å². The molecule has 1 N–H and O–H groups in total. The average Bonchev–Trinajstić information content (AvgIpc) is 2.71. The summed E-state index contributed by atoms with van der Waals surface area (Å²) in [4.78, 5) is 15.1. The maximum atomic E-state index is 12.8. The molecule has 0 aliphatic heterocycles. The molecule has 32 heavy (non-hydrogen) atoms. The number of amides is 1. The highest BCUT2D eigenvalue weighted by atomic mass is 32.2. The fraction of sp³-hybridized carbons (Fsp3) is 0.346. The van der Waals surface area contributed by atoms with Crippen molar-refractivity contribution >= 4 is 21.4 Å². The van der Waals surface area contributed by atoms with Crippen LogP contribution in [-0.4, -0.2) is 34.7 Å². The minimum Gasteiger partial charge on any atom is -0.378 e. The van der Waals surface area contributed by atoms with Gasteiger partial charge in [0.15, 0.2) is 9.84 Å². The van der Waals surface area contributed by atoms with Crippen molar-refractivity contribution in [2.45, 2.75) is 44.6 Å². The molecule has 0 aliphatic carbocycles. The first-order valence-corrected chi connectivity index (χ1v) is 12.5. The molecule has 2 aromatic rings. The molecular weight excluding hydrogens is 420 g/mol. The molecule has 2 aromatic carbocycles. The number of nitrogens with zero attached hydrogens (tertiary/aromatic N) is 1. The van der Waals surface area contributed by atoms with Crippen LogP contribution in [0.5, 0.6) is 0 Å². The summed E-state index contributed by atoms with van der Waals surface area (Å²) in [5.74, 6) is -0.174. The molecule has 0 aliphatic rings. The Kier molecular flexibility index (Phi) is 8.84. The summed E-state index contributed by atoms with van der Waals surface area (Å²) < 4.78 is 23.7. The van der Waals surface area contributed by atoms with Gasteiger partial charge in [0.1, 0.15) is 0 Å². The van der Waals surface area contributed by atoms with Crippen LogP contribution in [0.3, 0.4) is 0 Å². The number of hydrogen-bond acceptors (Lipinski definition) is 4. The molecule has 1 amide bonds. The van der Waals surface area contributed by atoms with Gasteiger partial charge in [-0.1, -0.05) is 41.5 Å². The van der Waals surface area contributed by atoms with E-state index in [9.17, 15) is 13.2 Å². The van der Waals surface area contributed by atoms with Gasteiger partial charge in [-0.25, -0.2) is 8.42 Å². The summed E-state index contributed by atoms with van der Waals surface area (Å²) >= 11 is 0. The molecule has 5 nitrogen and oxygen atoms in total. The number of carbonyl (C=O) groups excluding carboxylic acids is 1. The lowest BCUT2D eigenvalue weighted by Gasteiger charge is -2.22. The van der Waals surface area contributed by atoms with E-state index in [1.54, 1.807) is 30.3 Å². The molecule has 0 saturated carbocycles. The van der Waals surface area contributed by atoms with Gasteiger partial charge >= 0.3 is 0 Å². The van der Waals surface area contributed by atoms with E-state index in [2.05, 4.69) is 25.2 Å². The predicted molar refractivity (Wildman–Crippen MR) is 133 cm³/mol. The monoisotopic (exact) mass is 454 g/mol. The highest BCUT2D eigenvalue weighted by molar-refractivity contribution is 7.90. The van der Waals surface area contributed by atoms with E-state index in [0.717, 1.165) is 35.2 Å². The van der Waals surface area contributed by atoms with E-state index in [0.29, 0.717) is 0 Å². The van der Waals surface area contributed by atoms with Gasteiger partial charge in [0, 0.05) is 32.1 Å². The molecule has 0 fully saturated rings. The number of rotatable bonds is 9. The van der Waals surface area contributed by atoms with Crippen molar-refractivity contribution in [1.82, 2.24) is 5.32 Å². The first-order chi connectivity index (χ1) is 15.0. The zero-order valence-electron chi connectivity index (χ0n) is 19.8. The number of carbonyl (C=O) groups is 1. The Labute approximate surface area is 192 Å². The number of nitrogens with one attached hydrogen (secondary N) is 1. The molecule has 6 heteroatoms. The lowest BCUT2D eigenvalue weighted by Crippen LogP contribution is -2.28. The van der Waals surface area contributed by atoms with Crippen molar-refractivity contribution in [3.8, 4) is 0 Å². The van der Waals surface area contributed by atoms with Crippen LogP contribution in [0.25, 0.3) is 0 Å². The third-order valence-corrected chi connectivity index (χ3v) is 6.25. The van der Waals surface area contributed by atoms with Crippen molar-refractivity contribution in [1.29, 1.82) is 0 Å². The summed E-state index contributed by atoms with van der Waals surface area (Å²) in [7, 11) is 0.639. The van der Waals surface area contributed by atoms with Crippen molar-refractivity contribution < 1.29 is 13.2 Å². The van der Waals surface area contributed by atoms with Gasteiger partial charge in [-0.2, -0.15) is 0 Å². The summed E-state index contributed by atoms with van der Waals surface area (Å²) in [6, 6.07) is 14.2. The zero-order valence-corrected chi connectivity index (χ0v) is 20.7. The molecule has 1 atom stereocenters. The van der Waals surface area contributed by atoms with Crippen molar-refractivity contribution in [3.63, 3.8) is 0 Å². The van der Waals surface area contributed by atoms with Gasteiger partial charge in [0.05, 0.1) is 10.9 Å². The van der Waals surface area contributed by atoms with Crippen LogP contribution in [0.4, 0.5) is 5.69 Å². The average molecular weight is 455 g/mol. The highest BCUT2D eigenvalue weighted by Crippen LogP contribution is 2.26. The van der Waals surface area contributed by atoms with Crippen molar-refractivity contribution in [2.75, 3.05) is 25.3 Å². The van der Waals surface area contributed by atoms with Gasteiger partial charge in [0.2, 0.25) is 5.91 Å². The second-order valence-electron chi connectivity index (χ2n) is 8.58. The van der Waals surface area contributed by atoms with E-state index < -0.39 is 15.9 Å². The smallest absolute Gasteiger partial charge is 0.244 e. The summed E-state index contributed by atoms with van der Waals surface area (Å²) in [5, 5.41) is 3.11. The number of benzene rings is 2. The summed E-state index contributed by atoms with van der Waals surface area (Å²) in [5.41, 5.74) is 5.03. The van der Waals surface area contributed by atoms with Gasteiger partial charge in [0.25, 0.3) is 0 Å². The van der Waals surface area contributed by atoms with Gasteiger partial charge < -0.3 is 10.2 Å².